The highest BCUT2D eigenvalue weighted by Gasteiger charge is 2.37. The molecular weight excluding hydrogens is 377 g/mol. The van der Waals surface area contributed by atoms with Crippen LogP contribution in [0, 0.1) is 5.82 Å². The summed E-state index contributed by atoms with van der Waals surface area (Å²) in [5.74, 6) is -1.32. The minimum absolute atomic E-state index is 0.0175. The van der Waals surface area contributed by atoms with Gasteiger partial charge in [-0.25, -0.2) is 19.1 Å². The number of halogens is 1. The molecule has 1 aliphatic heterocycles. The summed E-state index contributed by atoms with van der Waals surface area (Å²) in [5.41, 5.74) is 2.17. The molecule has 8 heteroatoms. The van der Waals surface area contributed by atoms with Gasteiger partial charge < -0.3 is 4.74 Å². The van der Waals surface area contributed by atoms with Crippen molar-refractivity contribution in [3.05, 3.63) is 64.6 Å². The molecule has 1 aromatic carbocycles. The zero-order chi connectivity index (χ0) is 21.1. The normalized spacial score (nSPS) is 13.9. The monoisotopic (exact) mass is 397 g/mol. The Morgan fingerprint density at radius 2 is 1.69 bits per heavy atom. The molecule has 0 spiro atoms. The van der Waals surface area contributed by atoms with Crippen molar-refractivity contribution < 1.29 is 23.5 Å². The van der Waals surface area contributed by atoms with E-state index in [4.69, 9.17) is 4.74 Å². The van der Waals surface area contributed by atoms with Gasteiger partial charge in [-0.15, -0.1) is 0 Å². The zero-order valence-corrected chi connectivity index (χ0v) is 16.3. The van der Waals surface area contributed by atoms with Gasteiger partial charge in [0.05, 0.1) is 12.3 Å². The van der Waals surface area contributed by atoms with Crippen LogP contribution in [0.3, 0.4) is 0 Å². The van der Waals surface area contributed by atoms with E-state index in [0.717, 1.165) is 10.5 Å². The highest BCUT2D eigenvalue weighted by atomic mass is 19.1. The molecule has 0 saturated carbocycles. The third-order valence-electron chi connectivity index (χ3n) is 4.57. The van der Waals surface area contributed by atoms with Gasteiger partial charge in [0.2, 0.25) is 0 Å². The lowest BCUT2D eigenvalue weighted by Crippen LogP contribution is -2.33. The van der Waals surface area contributed by atoms with Crippen molar-refractivity contribution in [2.75, 3.05) is 16.8 Å². The van der Waals surface area contributed by atoms with Crippen molar-refractivity contribution in [2.45, 2.75) is 27.2 Å². The molecule has 3 rings (SSSR count). The molecule has 1 aliphatic rings. The average molecular weight is 397 g/mol. The van der Waals surface area contributed by atoms with Gasteiger partial charge in [0.25, 0.3) is 11.8 Å². The quantitative estimate of drug-likeness (QED) is 0.779. The third-order valence-corrected chi connectivity index (χ3v) is 4.57. The Labute approximate surface area is 167 Å². The number of hydrogen-bond acceptors (Lipinski definition) is 5. The van der Waals surface area contributed by atoms with E-state index < -0.39 is 17.9 Å². The summed E-state index contributed by atoms with van der Waals surface area (Å²) < 4.78 is 18.0. The maximum atomic E-state index is 13.1. The van der Waals surface area contributed by atoms with Gasteiger partial charge in [-0.3, -0.25) is 14.9 Å². The minimum Gasteiger partial charge on any atom is -0.450 e. The number of pyridine rings is 1. The Hall–Kier alpha value is -3.55. The smallest absolute Gasteiger partial charge is 0.411 e. The third kappa shape index (κ3) is 4.16. The average Bonchev–Trinajstić information content (AvgIpc) is 2.88. The summed E-state index contributed by atoms with van der Waals surface area (Å²) >= 11 is 0. The Morgan fingerprint density at radius 3 is 2.28 bits per heavy atom. The Bertz CT molecular complexity index is 991. The van der Waals surface area contributed by atoms with Crippen molar-refractivity contribution >= 4 is 29.4 Å². The molecule has 3 amide bonds. The maximum absolute atomic E-state index is 13.1. The molecule has 0 bridgehead atoms. The number of benzene rings is 1. The summed E-state index contributed by atoms with van der Waals surface area (Å²) in [6, 6.07) is 9.16. The fourth-order valence-corrected chi connectivity index (χ4v) is 2.88. The molecule has 1 aromatic heterocycles. The van der Waals surface area contributed by atoms with E-state index in [-0.39, 0.29) is 23.9 Å². The second-order valence-corrected chi connectivity index (χ2v) is 6.52. The fraction of sp³-hybridized carbons (Fsp3) is 0.238. The van der Waals surface area contributed by atoms with Gasteiger partial charge in [0.15, 0.2) is 5.82 Å². The largest absolute Gasteiger partial charge is 0.450 e. The van der Waals surface area contributed by atoms with Crippen molar-refractivity contribution in [3.63, 3.8) is 0 Å². The SMILES string of the molecule is CCOC(=O)Nc1ccc(Cc2ccc(F)cc2)nc1N1C(=O)C(C)=C(C)C1=O. The number of rotatable bonds is 5. The molecule has 7 nitrogen and oxygen atoms in total. The van der Waals surface area contributed by atoms with Gasteiger partial charge in [0, 0.05) is 23.3 Å². The lowest BCUT2D eigenvalue weighted by atomic mass is 10.1. The van der Waals surface area contributed by atoms with E-state index in [1.807, 2.05) is 0 Å². The van der Waals surface area contributed by atoms with Gasteiger partial charge in [0.1, 0.15) is 5.82 Å². The van der Waals surface area contributed by atoms with E-state index >= 15 is 0 Å². The molecule has 0 fully saturated rings. The van der Waals surface area contributed by atoms with E-state index in [1.165, 1.54) is 12.1 Å². The lowest BCUT2D eigenvalue weighted by molar-refractivity contribution is -0.120. The summed E-state index contributed by atoms with van der Waals surface area (Å²) in [4.78, 5) is 42.5. The first-order chi connectivity index (χ1) is 13.8. The zero-order valence-electron chi connectivity index (χ0n) is 16.3. The molecule has 2 aromatic rings. The molecule has 0 unspecified atom stereocenters. The number of hydrogen-bond donors (Lipinski definition) is 1. The van der Waals surface area contributed by atoms with Crippen LogP contribution < -0.4 is 10.2 Å². The highest BCUT2D eigenvalue weighted by molar-refractivity contribution is 6.33. The van der Waals surface area contributed by atoms with Crippen LogP contribution >= 0.6 is 0 Å². The van der Waals surface area contributed by atoms with Crippen molar-refractivity contribution in [3.8, 4) is 0 Å². The molecule has 150 valence electrons. The Morgan fingerprint density at radius 1 is 1.07 bits per heavy atom. The summed E-state index contributed by atoms with van der Waals surface area (Å²) in [6.45, 7) is 4.96. The number of aromatic nitrogens is 1. The second-order valence-electron chi connectivity index (χ2n) is 6.52. The van der Waals surface area contributed by atoms with Gasteiger partial charge in [-0.1, -0.05) is 12.1 Å². The molecule has 0 atom stereocenters. The van der Waals surface area contributed by atoms with E-state index in [1.54, 1.807) is 45.0 Å². The molecule has 0 radical (unpaired) electrons. The van der Waals surface area contributed by atoms with Crippen LogP contribution in [0.2, 0.25) is 0 Å². The number of imide groups is 1. The van der Waals surface area contributed by atoms with Crippen molar-refractivity contribution in [1.29, 1.82) is 0 Å². The van der Waals surface area contributed by atoms with Crippen LogP contribution in [0.5, 0.6) is 0 Å². The van der Waals surface area contributed by atoms with E-state index in [9.17, 15) is 18.8 Å². The Kier molecular flexibility index (Phi) is 5.72. The van der Waals surface area contributed by atoms with Crippen LogP contribution in [0.15, 0.2) is 47.5 Å². The summed E-state index contributed by atoms with van der Waals surface area (Å²) in [6.07, 6.45) is -0.364. The molecule has 0 aliphatic carbocycles. The van der Waals surface area contributed by atoms with Crippen LogP contribution in [0.1, 0.15) is 32.0 Å². The lowest BCUT2D eigenvalue weighted by Gasteiger charge is -2.19. The first-order valence-electron chi connectivity index (χ1n) is 9.06. The van der Waals surface area contributed by atoms with Crippen LogP contribution in [0.4, 0.5) is 20.7 Å². The highest BCUT2D eigenvalue weighted by Crippen LogP contribution is 2.31. The number of amides is 3. The van der Waals surface area contributed by atoms with Crippen molar-refractivity contribution in [2.24, 2.45) is 0 Å². The maximum Gasteiger partial charge on any atom is 0.411 e. The van der Waals surface area contributed by atoms with E-state index in [2.05, 4.69) is 10.3 Å². The Balaban J connectivity index is 1.99. The first-order valence-corrected chi connectivity index (χ1v) is 9.06. The van der Waals surface area contributed by atoms with Gasteiger partial charge in [-0.2, -0.15) is 0 Å². The van der Waals surface area contributed by atoms with Crippen molar-refractivity contribution in [1.82, 2.24) is 4.98 Å². The topological polar surface area (TPSA) is 88.6 Å². The number of nitrogens with one attached hydrogen (secondary N) is 1. The first kappa shape index (κ1) is 20.2. The number of carbonyl (C=O) groups excluding carboxylic acids is 3. The van der Waals surface area contributed by atoms with Gasteiger partial charge in [-0.05, 0) is 50.6 Å². The van der Waals surface area contributed by atoms with Crippen LogP contribution in [-0.4, -0.2) is 29.5 Å². The molecule has 0 saturated heterocycles. The number of nitrogens with zero attached hydrogens (tertiary/aromatic N) is 2. The van der Waals surface area contributed by atoms with Crippen LogP contribution in [0.25, 0.3) is 0 Å². The number of anilines is 2. The molecular formula is C21H20FN3O4. The van der Waals surface area contributed by atoms with Gasteiger partial charge >= 0.3 is 6.09 Å². The predicted octanol–water partition coefficient (Wildman–Crippen LogP) is 3.59. The molecule has 1 N–H and O–H groups in total. The summed E-state index contributed by atoms with van der Waals surface area (Å²) in [5, 5.41) is 2.52. The standard InChI is InChI=1S/C21H20FN3O4/c1-4-29-21(28)24-17-10-9-16(11-14-5-7-15(22)8-6-14)23-18(17)25-19(26)12(2)13(3)20(25)27/h5-10H,4,11H2,1-3H3,(H,24,28). The summed E-state index contributed by atoms with van der Waals surface area (Å²) in [7, 11) is 0. The molecule has 2 heterocycles. The molecule has 29 heavy (non-hydrogen) atoms. The second kappa shape index (κ2) is 8.22. The number of carbonyl (C=O) groups is 3. The van der Waals surface area contributed by atoms with Crippen LogP contribution in [-0.2, 0) is 20.7 Å². The number of ether oxygens (including phenoxy) is 1. The minimum atomic E-state index is -0.720. The van der Waals surface area contributed by atoms with E-state index in [0.29, 0.717) is 23.3 Å². The predicted molar refractivity (Wildman–Crippen MR) is 105 cm³/mol. The fourth-order valence-electron chi connectivity index (χ4n) is 2.88.